The van der Waals surface area contributed by atoms with Crippen LogP contribution in [0.2, 0.25) is 0 Å². The average Bonchev–Trinajstić information content (AvgIpc) is 3.09. The van der Waals surface area contributed by atoms with Gasteiger partial charge in [-0.2, -0.15) is 0 Å². The summed E-state index contributed by atoms with van der Waals surface area (Å²) in [6.45, 7) is 0. The molecule has 0 saturated carbocycles. The second kappa shape index (κ2) is 6.29. The normalized spacial score (nSPS) is 11.2. The number of carbonyl (C=O) groups is 1. The molecule has 0 amide bonds. The largest absolute Gasteiger partial charge is 0.437 e. The number of ether oxygens (including phenoxy) is 1. The lowest BCUT2D eigenvalue weighted by molar-refractivity contribution is 0.0695. The molecule has 0 aliphatic heterocycles. The maximum absolute atomic E-state index is 12.8. The quantitative estimate of drug-likeness (QED) is 0.534. The highest BCUT2D eigenvalue weighted by Crippen LogP contribution is 2.23. The van der Waals surface area contributed by atoms with Crippen LogP contribution >= 0.6 is 0 Å². The van der Waals surface area contributed by atoms with E-state index in [9.17, 15) is 17.6 Å². The molecule has 1 aromatic heterocycles. The van der Waals surface area contributed by atoms with Crippen molar-refractivity contribution in [2.75, 3.05) is 0 Å². The predicted molar refractivity (Wildman–Crippen MR) is 82.0 cm³/mol. The molecule has 24 heavy (non-hydrogen) atoms. The van der Waals surface area contributed by atoms with Crippen molar-refractivity contribution in [3.05, 3.63) is 78.3 Å². The molecule has 122 valence electrons. The summed E-state index contributed by atoms with van der Waals surface area (Å²) in [5, 5.41) is -0.361. The Kier molecular flexibility index (Phi) is 4.18. The molecule has 3 rings (SSSR count). The van der Waals surface area contributed by atoms with E-state index >= 15 is 0 Å². The van der Waals surface area contributed by atoms with Gasteiger partial charge in [0.15, 0.2) is 0 Å². The van der Waals surface area contributed by atoms with Gasteiger partial charge in [-0.1, -0.05) is 18.2 Å². The second-order valence-electron chi connectivity index (χ2n) is 4.78. The standard InChI is InChI=1S/C17H11FO5S/c18-12-6-8-13(9-7-12)22-17(19)15-10-11-16(23-15)24(20,21)14-4-2-1-3-5-14/h1-11H. The van der Waals surface area contributed by atoms with E-state index in [4.69, 9.17) is 9.15 Å². The Balaban J connectivity index is 1.82. The second-order valence-corrected chi connectivity index (χ2v) is 6.66. The van der Waals surface area contributed by atoms with Crippen LogP contribution in [0.4, 0.5) is 4.39 Å². The van der Waals surface area contributed by atoms with Crippen molar-refractivity contribution in [2.45, 2.75) is 9.99 Å². The van der Waals surface area contributed by atoms with Gasteiger partial charge >= 0.3 is 5.97 Å². The Labute approximate surface area is 137 Å². The number of hydrogen-bond donors (Lipinski definition) is 0. The molecule has 5 nitrogen and oxygen atoms in total. The van der Waals surface area contributed by atoms with Gasteiger partial charge in [-0.05, 0) is 48.5 Å². The van der Waals surface area contributed by atoms with E-state index in [2.05, 4.69) is 0 Å². The van der Waals surface area contributed by atoms with Crippen molar-refractivity contribution in [1.29, 1.82) is 0 Å². The molecule has 0 spiro atoms. The Morgan fingerprint density at radius 2 is 1.58 bits per heavy atom. The van der Waals surface area contributed by atoms with Gasteiger partial charge in [0.05, 0.1) is 4.90 Å². The zero-order valence-electron chi connectivity index (χ0n) is 12.2. The van der Waals surface area contributed by atoms with Crippen LogP contribution < -0.4 is 4.74 Å². The molecule has 2 aromatic carbocycles. The zero-order chi connectivity index (χ0) is 17.2. The van der Waals surface area contributed by atoms with Crippen LogP contribution in [0.3, 0.4) is 0 Å². The Hall–Kier alpha value is -2.93. The molecule has 0 radical (unpaired) electrons. The van der Waals surface area contributed by atoms with E-state index in [1.807, 2.05) is 0 Å². The SMILES string of the molecule is O=C(Oc1ccc(F)cc1)c1ccc(S(=O)(=O)c2ccccc2)o1. The van der Waals surface area contributed by atoms with Gasteiger partial charge in [-0.25, -0.2) is 17.6 Å². The molecule has 0 atom stereocenters. The molecule has 0 unspecified atom stereocenters. The van der Waals surface area contributed by atoms with E-state index < -0.39 is 21.6 Å². The topological polar surface area (TPSA) is 73.6 Å². The van der Waals surface area contributed by atoms with Crippen molar-refractivity contribution in [1.82, 2.24) is 0 Å². The molecule has 0 bridgehead atoms. The van der Waals surface area contributed by atoms with Crippen LogP contribution in [-0.4, -0.2) is 14.4 Å². The molecule has 0 fully saturated rings. The molecule has 3 aromatic rings. The molecular formula is C17H11FO5S. The summed E-state index contributed by atoms with van der Waals surface area (Å²) in [7, 11) is -3.85. The molecule has 1 heterocycles. The van der Waals surface area contributed by atoms with E-state index in [1.54, 1.807) is 18.2 Å². The fourth-order valence-corrected chi connectivity index (χ4v) is 3.14. The van der Waals surface area contributed by atoms with Gasteiger partial charge in [0.2, 0.25) is 20.7 Å². The molecule has 0 saturated heterocycles. The number of esters is 1. The highest BCUT2D eigenvalue weighted by atomic mass is 32.2. The minimum absolute atomic E-state index is 0.0535. The zero-order valence-corrected chi connectivity index (χ0v) is 13.0. The third-order valence-corrected chi connectivity index (χ3v) is 4.77. The average molecular weight is 346 g/mol. The number of halogens is 1. The lowest BCUT2D eigenvalue weighted by Crippen LogP contribution is -2.07. The minimum atomic E-state index is -3.85. The van der Waals surface area contributed by atoms with Crippen LogP contribution in [0.5, 0.6) is 5.75 Å². The highest BCUT2D eigenvalue weighted by Gasteiger charge is 2.24. The predicted octanol–water partition coefficient (Wildman–Crippen LogP) is 3.47. The number of carbonyl (C=O) groups excluding carboxylic acids is 1. The first-order chi connectivity index (χ1) is 11.5. The summed E-state index contributed by atoms with van der Waals surface area (Å²) < 4.78 is 47.7. The van der Waals surface area contributed by atoms with Gasteiger partial charge in [0, 0.05) is 0 Å². The molecule has 0 N–H and O–H groups in total. The first kappa shape index (κ1) is 15.9. The van der Waals surface area contributed by atoms with Gasteiger partial charge < -0.3 is 9.15 Å². The molecular weight excluding hydrogens is 335 g/mol. The molecule has 7 heteroatoms. The lowest BCUT2D eigenvalue weighted by atomic mass is 10.3. The van der Waals surface area contributed by atoms with Crippen molar-refractivity contribution >= 4 is 15.8 Å². The molecule has 0 aliphatic rings. The third-order valence-electron chi connectivity index (χ3n) is 3.13. The monoisotopic (exact) mass is 346 g/mol. The fourth-order valence-electron chi connectivity index (χ4n) is 1.95. The Bertz CT molecular complexity index is 960. The van der Waals surface area contributed by atoms with Crippen molar-refractivity contribution in [3.8, 4) is 5.75 Å². The van der Waals surface area contributed by atoms with E-state index in [0.29, 0.717) is 0 Å². The number of furan rings is 1. The van der Waals surface area contributed by atoms with E-state index in [1.165, 1.54) is 36.4 Å². The number of rotatable bonds is 4. The summed E-state index contributed by atoms with van der Waals surface area (Å²) in [6.07, 6.45) is 0. The van der Waals surface area contributed by atoms with Crippen LogP contribution in [0.1, 0.15) is 10.6 Å². The lowest BCUT2D eigenvalue weighted by Gasteiger charge is -2.02. The minimum Gasteiger partial charge on any atom is -0.437 e. The summed E-state index contributed by atoms with van der Waals surface area (Å²) in [5.41, 5.74) is 0. The van der Waals surface area contributed by atoms with Gasteiger partial charge in [0.25, 0.3) is 0 Å². The Morgan fingerprint density at radius 3 is 2.25 bits per heavy atom. The van der Waals surface area contributed by atoms with Crippen molar-refractivity contribution < 1.29 is 26.8 Å². The first-order valence-corrected chi connectivity index (χ1v) is 8.33. The summed E-state index contributed by atoms with van der Waals surface area (Å²) in [6, 6.07) is 14.9. The number of hydrogen-bond acceptors (Lipinski definition) is 5. The van der Waals surface area contributed by atoms with Gasteiger partial charge in [0.1, 0.15) is 11.6 Å². The maximum atomic E-state index is 12.8. The van der Waals surface area contributed by atoms with Crippen molar-refractivity contribution in [3.63, 3.8) is 0 Å². The summed E-state index contributed by atoms with van der Waals surface area (Å²) in [4.78, 5) is 12.0. The number of benzene rings is 2. The van der Waals surface area contributed by atoms with Gasteiger partial charge in [-0.3, -0.25) is 0 Å². The highest BCUT2D eigenvalue weighted by molar-refractivity contribution is 7.91. The maximum Gasteiger partial charge on any atom is 0.379 e. The van der Waals surface area contributed by atoms with Crippen molar-refractivity contribution in [2.24, 2.45) is 0 Å². The fraction of sp³-hybridized carbons (Fsp3) is 0. The van der Waals surface area contributed by atoms with Crippen LogP contribution in [0, 0.1) is 5.82 Å². The van der Waals surface area contributed by atoms with Crippen LogP contribution in [0.25, 0.3) is 0 Å². The smallest absolute Gasteiger partial charge is 0.379 e. The van der Waals surface area contributed by atoms with Crippen LogP contribution in [0.15, 0.2) is 81.1 Å². The number of sulfone groups is 1. The third kappa shape index (κ3) is 3.21. The Morgan fingerprint density at radius 1 is 0.917 bits per heavy atom. The van der Waals surface area contributed by atoms with E-state index in [-0.39, 0.29) is 21.5 Å². The summed E-state index contributed by atoms with van der Waals surface area (Å²) >= 11 is 0. The summed E-state index contributed by atoms with van der Waals surface area (Å²) in [5.74, 6) is -1.50. The van der Waals surface area contributed by atoms with Crippen LogP contribution in [-0.2, 0) is 9.84 Å². The molecule has 0 aliphatic carbocycles. The first-order valence-electron chi connectivity index (χ1n) is 6.84. The van der Waals surface area contributed by atoms with E-state index in [0.717, 1.165) is 12.1 Å². The van der Waals surface area contributed by atoms with Gasteiger partial charge in [-0.15, -0.1) is 0 Å².